The van der Waals surface area contributed by atoms with Crippen LogP contribution in [0.25, 0.3) is 20.9 Å². The van der Waals surface area contributed by atoms with Gasteiger partial charge in [-0.2, -0.15) is 0 Å². The van der Waals surface area contributed by atoms with Crippen LogP contribution in [0.15, 0.2) is 28.4 Å². The van der Waals surface area contributed by atoms with E-state index in [-0.39, 0.29) is 11.4 Å². The van der Waals surface area contributed by atoms with Gasteiger partial charge in [0.15, 0.2) is 0 Å². The highest BCUT2D eigenvalue weighted by molar-refractivity contribution is 5.79. The fourth-order valence-electron chi connectivity index (χ4n) is 0.875. The number of aldehydes is 1. The lowest BCUT2D eigenvalue weighted by atomic mass is 10.2. The van der Waals surface area contributed by atoms with Crippen LogP contribution in [-0.2, 0) is 0 Å². The lowest BCUT2D eigenvalue weighted by Gasteiger charge is -1.97. The highest BCUT2D eigenvalue weighted by atomic mass is 16.1. The number of benzene rings is 1. The van der Waals surface area contributed by atoms with Gasteiger partial charge in [0.25, 0.3) is 0 Å². The van der Waals surface area contributed by atoms with Gasteiger partial charge in [0.1, 0.15) is 6.29 Å². The minimum absolute atomic E-state index is 0.134. The van der Waals surface area contributed by atoms with Crippen molar-refractivity contribution in [2.45, 2.75) is 0 Å². The van der Waals surface area contributed by atoms with Crippen LogP contribution in [0, 0.1) is 0 Å². The first-order valence-electron chi connectivity index (χ1n) is 3.51. The summed E-state index contributed by atoms with van der Waals surface area (Å²) in [6.45, 7) is 0. The summed E-state index contributed by atoms with van der Waals surface area (Å²) in [6, 6.07) is 4.22. The summed E-state index contributed by atoms with van der Waals surface area (Å²) < 4.78 is 0. The zero-order chi connectivity index (χ0) is 10.4. The molecule has 7 heteroatoms. The van der Waals surface area contributed by atoms with Gasteiger partial charge in [0, 0.05) is 26.8 Å². The molecule has 0 N–H and O–H groups in total. The van der Waals surface area contributed by atoms with Gasteiger partial charge in [-0.15, -0.1) is 0 Å². The molecular formula is C7H4N6O. The molecule has 7 nitrogen and oxygen atoms in total. The van der Waals surface area contributed by atoms with E-state index in [0.29, 0.717) is 11.8 Å². The SMILES string of the molecule is [N-]=[N+]=Nc1ccc(C=O)cc1N=[N+]=[N-]. The molecular weight excluding hydrogens is 184 g/mol. The summed E-state index contributed by atoms with van der Waals surface area (Å²) in [7, 11) is 0. The molecule has 0 aliphatic rings. The monoisotopic (exact) mass is 188 g/mol. The summed E-state index contributed by atoms with van der Waals surface area (Å²) in [4.78, 5) is 15.5. The molecule has 0 amide bonds. The Hall–Kier alpha value is -2.49. The Morgan fingerprint density at radius 2 is 1.79 bits per heavy atom. The number of nitrogens with zero attached hydrogens (tertiary/aromatic N) is 6. The third kappa shape index (κ3) is 2.01. The summed E-state index contributed by atoms with van der Waals surface area (Å²) in [6.07, 6.45) is 0.607. The van der Waals surface area contributed by atoms with Crippen molar-refractivity contribution in [2.24, 2.45) is 10.2 Å². The Balaban J connectivity index is 3.36. The van der Waals surface area contributed by atoms with Gasteiger partial charge in [-0.3, -0.25) is 4.79 Å². The fourth-order valence-corrected chi connectivity index (χ4v) is 0.875. The molecule has 0 atom stereocenters. The van der Waals surface area contributed by atoms with Crippen molar-refractivity contribution in [1.29, 1.82) is 0 Å². The van der Waals surface area contributed by atoms with E-state index in [9.17, 15) is 4.79 Å². The Bertz CT molecular complexity index is 455. The molecule has 0 unspecified atom stereocenters. The molecule has 68 valence electrons. The number of carbonyl (C=O) groups is 1. The molecule has 1 rings (SSSR count). The fraction of sp³-hybridized carbons (Fsp3) is 0. The standard InChI is InChI=1S/C7H4N6O/c8-12-10-6-2-1-5(4-14)3-7(6)11-13-9/h1-4H. The van der Waals surface area contributed by atoms with Crippen molar-refractivity contribution in [1.82, 2.24) is 0 Å². The zero-order valence-electron chi connectivity index (χ0n) is 6.90. The Kier molecular flexibility index (Phi) is 3.09. The molecule has 0 saturated carbocycles. The Morgan fingerprint density at radius 1 is 1.14 bits per heavy atom. The summed E-state index contributed by atoms with van der Waals surface area (Å²) in [5.41, 5.74) is 17.1. The molecule has 0 spiro atoms. The smallest absolute Gasteiger partial charge is 0.150 e. The van der Waals surface area contributed by atoms with E-state index in [1.807, 2.05) is 0 Å². The van der Waals surface area contributed by atoms with Crippen molar-refractivity contribution in [3.05, 3.63) is 44.6 Å². The van der Waals surface area contributed by atoms with E-state index in [4.69, 9.17) is 11.1 Å². The molecule has 0 bridgehead atoms. The maximum absolute atomic E-state index is 10.4. The molecule has 0 fully saturated rings. The van der Waals surface area contributed by atoms with Gasteiger partial charge in [-0.1, -0.05) is 22.4 Å². The second kappa shape index (κ2) is 4.51. The molecule has 0 aliphatic heterocycles. The highest BCUT2D eigenvalue weighted by Crippen LogP contribution is 2.28. The van der Waals surface area contributed by atoms with Crippen LogP contribution in [0.4, 0.5) is 11.4 Å². The van der Waals surface area contributed by atoms with E-state index in [2.05, 4.69) is 20.1 Å². The lowest BCUT2D eigenvalue weighted by molar-refractivity contribution is 0.112. The van der Waals surface area contributed by atoms with Crippen LogP contribution in [0.2, 0.25) is 0 Å². The van der Waals surface area contributed by atoms with E-state index >= 15 is 0 Å². The molecule has 0 saturated heterocycles. The molecule has 14 heavy (non-hydrogen) atoms. The van der Waals surface area contributed by atoms with Gasteiger partial charge in [-0.25, -0.2) is 0 Å². The molecule has 0 heterocycles. The van der Waals surface area contributed by atoms with Crippen molar-refractivity contribution in [3.8, 4) is 0 Å². The summed E-state index contributed by atoms with van der Waals surface area (Å²) >= 11 is 0. The number of hydrogen-bond donors (Lipinski definition) is 0. The van der Waals surface area contributed by atoms with Crippen molar-refractivity contribution in [3.63, 3.8) is 0 Å². The van der Waals surface area contributed by atoms with Gasteiger partial charge < -0.3 is 0 Å². The van der Waals surface area contributed by atoms with Gasteiger partial charge in [0.2, 0.25) is 0 Å². The van der Waals surface area contributed by atoms with Gasteiger partial charge >= 0.3 is 0 Å². The summed E-state index contributed by atoms with van der Waals surface area (Å²) in [5, 5.41) is 6.59. The predicted molar refractivity (Wildman–Crippen MR) is 49.4 cm³/mol. The first-order valence-corrected chi connectivity index (χ1v) is 3.51. The topological polar surface area (TPSA) is 115 Å². The largest absolute Gasteiger partial charge is 0.298 e. The van der Waals surface area contributed by atoms with E-state index in [1.165, 1.54) is 18.2 Å². The second-order valence-corrected chi connectivity index (χ2v) is 2.24. The maximum atomic E-state index is 10.4. The average Bonchev–Trinajstić information content (AvgIpc) is 2.21. The van der Waals surface area contributed by atoms with Crippen LogP contribution >= 0.6 is 0 Å². The summed E-state index contributed by atoms with van der Waals surface area (Å²) in [5.74, 6) is 0. The zero-order valence-corrected chi connectivity index (χ0v) is 6.90. The average molecular weight is 188 g/mol. The van der Waals surface area contributed by atoms with E-state index in [0.717, 1.165) is 0 Å². The molecule has 1 aromatic rings. The first-order chi connectivity index (χ1) is 6.81. The van der Waals surface area contributed by atoms with Crippen LogP contribution in [-0.4, -0.2) is 6.29 Å². The van der Waals surface area contributed by atoms with Gasteiger partial charge in [-0.05, 0) is 17.1 Å². The van der Waals surface area contributed by atoms with Crippen molar-refractivity contribution in [2.75, 3.05) is 0 Å². The second-order valence-electron chi connectivity index (χ2n) is 2.24. The Labute approximate surface area is 78.2 Å². The predicted octanol–water partition coefficient (Wildman–Crippen LogP) is 3.38. The molecule has 0 aromatic heterocycles. The van der Waals surface area contributed by atoms with Gasteiger partial charge in [0.05, 0.1) is 0 Å². The first kappa shape index (κ1) is 9.60. The van der Waals surface area contributed by atoms with Crippen LogP contribution in [0.3, 0.4) is 0 Å². The molecule has 0 aliphatic carbocycles. The third-order valence-corrected chi connectivity index (χ3v) is 1.44. The van der Waals surface area contributed by atoms with Crippen molar-refractivity contribution >= 4 is 17.7 Å². The molecule has 1 aromatic carbocycles. The van der Waals surface area contributed by atoms with Crippen molar-refractivity contribution < 1.29 is 4.79 Å². The maximum Gasteiger partial charge on any atom is 0.150 e. The highest BCUT2D eigenvalue weighted by Gasteiger charge is 1.99. The quantitative estimate of drug-likeness (QED) is 0.307. The number of rotatable bonds is 3. The third-order valence-electron chi connectivity index (χ3n) is 1.44. The minimum atomic E-state index is 0.134. The Morgan fingerprint density at radius 3 is 2.36 bits per heavy atom. The minimum Gasteiger partial charge on any atom is -0.298 e. The number of carbonyl (C=O) groups excluding carboxylic acids is 1. The lowest BCUT2D eigenvalue weighted by Crippen LogP contribution is -1.77. The van der Waals surface area contributed by atoms with E-state index < -0.39 is 0 Å². The number of azide groups is 2. The van der Waals surface area contributed by atoms with Crippen LogP contribution in [0.5, 0.6) is 0 Å². The van der Waals surface area contributed by atoms with Crippen LogP contribution < -0.4 is 0 Å². The van der Waals surface area contributed by atoms with E-state index in [1.54, 1.807) is 0 Å². The van der Waals surface area contributed by atoms with Crippen LogP contribution in [0.1, 0.15) is 10.4 Å². The molecule has 0 radical (unpaired) electrons. The number of hydrogen-bond acceptors (Lipinski definition) is 3. The normalized spacial score (nSPS) is 8.29.